The number of likely N-dealkylation sites (tertiary alicyclic amines) is 1. The van der Waals surface area contributed by atoms with E-state index in [1.54, 1.807) is 0 Å². The third kappa shape index (κ3) is 3.85. The number of hydrogen-bond donors (Lipinski definition) is 1. The molecule has 1 rings (SSSR count). The van der Waals surface area contributed by atoms with Gasteiger partial charge in [-0.05, 0) is 38.3 Å². The molecule has 1 aliphatic heterocycles. The van der Waals surface area contributed by atoms with Crippen LogP contribution in [0.1, 0.15) is 39.0 Å². The quantitative estimate of drug-likeness (QED) is 0.552. The normalized spacial score (nSPS) is 27.5. The summed E-state index contributed by atoms with van der Waals surface area (Å²) >= 11 is 0. The van der Waals surface area contributed by atoms with E-state index in [4.69, 9.17) is 12.2 Å². The fourth-order valence-corrected chi connectivity index (χ4v) is 2.48. The van der Waals surface area contributed by atoms with E-state index in [0.717, 1.165) is 31.8 Å². The highest BCUT2D eigenvalue weighted by Gasteiger charge is 2.25. The molecule has 0 spiro atoms. The van der Waals surface area contributed by atoms with E-state index in [1.807, 2.05) is 0 Å². The first-order valence-electron chi connectivity index (χ1n) is 6.19. The van der Waals surface area contributed by atoms with Crippen LogP contribution >= 0.6 is 0 Å². The van der Waals surface area contributed by atoms with Crippen LogP contribution in [-0.4, -0.2) is 30.6 Å². The van der Waals surface area contributed by atoms with Crippen LogP contribution < -0.4 is 5.73 Å². The third-order valence-electron chi connectivity index (χ3n) is 3.56. The van der Waals surface area contributed by atoms with Gasteiger partial charge in [0.15, 0.2) is 0 Å². The summed E-state index contributed by atoms with van der Waals surface area (Å²) in [6.07, 6.45) is 11.2. The molecule has 0 aromatic heterocycles. The third-order valence-corrected chi connectivity index (χ3v) is 3.56. The molecule has 2 nitrogen and oxygen atoms in total. The number of nitrogens with zero attached hydrogens (tertiary/aromatic N) is 1. The van der Waals surface area contributed by atoms with Crippen molar-refractivity contribution >= 4 is 0 Å². The Balaban J connectivity index is 2.34. The molecule has 2 unspecified atom stereocenters. The van der Waals surface area contributed by atoms with Gasteiger partial charge in [0.1, 0.15) is 0 Å². The minimum atomic E-state index is 0.599. The molecule has 0 aromatic carbocycles. The van der Waals surface area contributed by atoms with E-state index < -0.39 is 0 Å². The average molecular weight is 208 g/mol. The highest BCUT2D eigenvalue weighted by molar-refractivity contribution is 4.86. The van der Waals surface area contributed by atoms with Crippen LogP contribution in [0.5, 0.6) is 0 Å². The lowest BCUT2D eigenvalue weighted by Crippen LogP contribution is -2.46. The smallest absolute Gasteiger partial charge is 0.0221 e. The summed E-state index contributed by atoms with van der Waals surface area (Å²) in [5, 5.41) is 0. The molecule has 1 heterocycles. The largest absolute Gasteiger partial charge is 0.329 e. The van der Waals surface area contributed by atoms with Gasteiger partial charge in [0, 0.05) is 19.0 Å². The Bertz CT molecular complexity index is 207. The molecule has 0 aromatic rings. The van der Waals surface area contributed by atoms with Gasteiger partial charge in [0.05, 0.1) is 0 Å². The van der Waals surface area contributed by atoms with E-state index in [9.17, 15) is 0 Å². The topological polar surface area (TPSA) is 29.3 Å². The summed E-state index contributed by atoms with van der Waals surface area (Å²) in [7, 11) is 0. The molecule has 86 valence electrons. The summed E-state index contributed by atoms with van der Waals surface area (Å²) in [5.41, 5.74) is 5.83. The Morgan fingerprint density at radius 3 is 2.93 bits per heavy atom. The Labute approximate surface area is 94.2 Å². The molecule has 1 aliphatic rings. The Hall–Kier alpha value is -0.520. The lowest BCUT2D eigenvalue weighted by molar-refractivity contribution is 0.114. The van der Waals surface area contributed by atoms with Gasteiger partial charge < -0.3 is 5.73 Å². The molecule has 1 saturated heterocycles. The first-order chi connectivity index (χ1) is 7.31. The molecule has 0 saturated carbocycles. The highest BCUT2D eigenvalue weighted by atomic mass is 15.2. The van der Waals surface area contributed by atoms with Crippen LogP contribution in [0.4, 0.5) is 0 Å². The maximum Gasteiger partial charge on any atom is 0.0221 e. The second-order valence-electron chi connectivity index (χ2n) is 4.53. The van der Waals surface area contributed by atoms with Gasteiger partial charge in [0.2, 0.25) is 0 Å². The monoisotopic (exact) mass is 208 g/mol. The Morgan fingerprint density at radius 2 is 2.33 bits per heavy atom. The summed E-state index contributed by atoms with van der Waals surface area (Å²) < 4.78 is 0. The summed E-state index contributed by atoms with van der Waals surface area (Å²) in [4.78, 5) is 2.53. The molecule has 1 fully saturated rings. The van der Waals surface area contributed by atoms with Crippen molar-refractivity contribution in [1.82, 2.24) is 4.90 Å². The predicted molar refractivity (Wildman–Crippen MR) is 65.5 cm³/mol. The lowest BCUT2D eigenvalue weighted by Gasteiger charge is -2.38. The molecule has 0 bridgehead atoms. The molecule has 2 N–H and O–H groups in total. The zero-order valence-corrected chi connectivity index (χ0v) is 9.91. The zero-order valence-electron chi connectivity index (χ0n) is 9.91. The van der Waals surface area contributed by atoms with Crippen molar-refractivity contribution < 1.29 is 0 Å². The molecule has 0 amide bonds. The Kier molecular flexibility index (Phi) is 5.75. The molecule has 0 radical (unpaired) electrons. The second-order valence-corrected chi connectivity index (χ2v) is 4.53. The number of terminal acetylenes is 1. The van der Waals surface area contributed by atoms with Crippen LogP contribution in [0.15, 0.2) is 0 Å². The number of piperidine rings is 1. The summed E-state index contributed by atoms with van der Waals surface area (Å²) in [5.74, 6) is 3.59. The van der Waals surface area contributed by atoms with E-state index >= 15 is 0 Å². The minimum absolute atomic E-state index is 0.599. The molecule has 15 heavy (non-hydrogen) atoms. The number of rotatable bonds is 5. The number of nitrogens with two attached hydrogens (primary N) is 1. The zero-order chi connectivity index (χ0) is 11.1. The van der Waals surface area contributed by atoms with Crippen molar-refractivity contribution in [1.29, 1.82) is 0 Å². The molecule has 2 heteroatoms. The summed E-state index contributed by atoms with van der Waals surface area (Å²) in [6.45, 7) is 5.42. The first-order valence-corrected chi connectivity index (χ1v) is 6.19. The summed E-state index contributed by atoms with van der Waals surface area (Å²) in [6, 6.07) is 0.599. The van der Waals surface area contributed by atoms with Crippen LogP contribution in [0, 0.1) is 18.3 Å². The van der Waals surface area contributed by atoms with Crippen molar-refractivity contribution in [3.63, 3.8) is 0 Å². The standard InChI is InChI=1S/C13H24N2/c1-3-5-6-8-15-9-7-12(4-2)10-13(15)11-14/h1,12-13H,4-11,14H2,2H3. The molecule has 2 atom stereocenters. The van der Waals surface area contributed by atoms with Crippen LogP contribution in [0.3, 0.4) is 0 Å². The minimum Gasteiger partial charge on any atom is -0.329 e. The van der Waals surface area contributed by atoms with Crippen molar-refractivity contribution in [2.45, 2.75) is 45.1 Å². The van der Waals surface area contributed by atoms with Gasteiger partial charge in [-0.3, -0.25) is 4.90 Å². The van der Waals surface area contributed by atoms with Gasteiger partial charge >= 0.3 is 0 Å². The lowest BCUT2D eigenvalue weighted by atomic mass is 9.89. The van der Waals surface area contributed by atoms with Crippen molar-refractivity contribution in [3.05, 3.63) is 0 Å². The van der Waals surface area contributed by atoms with E-state index in [0.29, 0.717) is 6.04 Å². The van der Waals surface area contributed by atoms with Crippen LogP contribution in [0.2, 0.25) is 0 Å². The van der Waals surface area contributed by atoms with Gasteiger partial charge in [-0.1, -0.05) is 13.3 Å². The van der Waals surface area contributed by atoms with Gasteiger partial charge in [0.25, 0.3) is 0 Å². The van der Waals surface area contributed by atoms with Crippen LogP contribution in [-0.2, 0) is 0 Å². The van der Waals surface area contributed by atoms with E-state index in [2.05, 4.69) is 17.7 Å². The fraction of sp³-hybridized carbons (Fsp3) is 0.846. The Morgan fingerprint density at radius 1 is 1.53 bits per heavy atom. The van der Waals surface area contributed by atoms with Crippen molar-refractivity contribution in [2.24, 2.45) is 11.7 Å². The van der Waals surface area contributed by atoms with Gasteiger partial charge in [-0.2, -0.15) is 0 Å². The maximum absolute atomic E-state index is 5.83. The van der Waals surface area contributed by atoms with Crippen LogP contribution in [0.25, 0.3) is 0 Å². The van der Waals surface area contributed by atoms with Crippen molar-refractivity contribution in [2.75, 3.05) is 19.6 Å². The van der Waals surface area contributed by atoms with Gasteiger partial charge in [-0.15, -0.1) is 12.3 Å². The first kappa shape index (κ1) is 12.5. The fourth-order valence-electron chi connectivity index (χ4n) is 2.48. The number of hydrogen-bond acceptors (Lipinski definition) is 2. The van der Waals surface area contributed by atoms with Crippen molar-refractivity contribution in [3.8, 4) is 12.3 Å². The maximum atomic E-state index is 5.83. The van der Waals surface area contributed by atoms with Gasteiger partial charge in [-0.25, -0.2) is 0 Å². The SMILES string of the molecule is C#CCCCN1CCC(CC)CC1CN. The van der Waals surface area contributed by atoms with E-state index in [1.165, 1.54) is 25.8 Å². The van der Waals surface area contributed by atoms with E-state index in [-0.39, 0.29) is 0 Å². The molecular formula is C13H24N2. The molecule has 0 aliphatic carbocycles. The molecular weight excluding hydrogens is 184 g/mol. The number of unbranched alkanes of at least 4 members (excludes halogenated alkanes) is 1. The predicted octanol–water partition coefficient (Wildman–Crippen LogP) is 1.85. The average Bonchev–Trinajstić information content (AvgIpc) is 2.29. The highest BCUT2D eigenvalue weighted by Crippen LogP contribution is 2.24. The second kappa shape index (κ2) is 6.87.